The Morgan fingerprint density at radius 2 is 1.71 bits per heavy atom. The van der Waals surface area contributed by atoms with Crippen LogP contribution >= 0.6 is 11.6 Å². The summed E-state index contributed by atoms with van der Waals surface area (Å²) in [6.07, 6.45) is 1.41. The maximum atomic E-state index is 13.1. The average Bonchev–Trinajstić information content (AvgIpc) is 2.71. The van der Waals surface area contributed by atoms with Gasteiger partial charge in [0.2, 0.25) is 11.8 Å². The second-order valence-corrected chi connectivity index (χ2v) is 9.01. The van der Waals surface area contributed by atoms with Crippen LogP contribution in [0.5, 0.6) is 5.75 Å². The molecule has 5 nitrogen and oxygen atoms in total. The minimum atomic E-state index is -0.524. The molecule has 0 aliphatic rings. The van der Waals surface area contributed by atoms with E-state index in [1.165, 1.54) is 0 Å². The molecule has 0 heterocycles. The fourth-order valence-corrected chi connectivity index (χ4v) is 3.37. The van der Waals surface area contributed by atoms with Crippen LogP contribution in [0.3, 0.4) is 0 Å². The molecule has 0 bridgehead atoms. The van der Waals surface area contributed by atoms with Crippen LogP contribution in [0.2, 0.25) is 5.02 Å². The molecule has 0 fully saturated rings. The molecule has 2 rings (SSSR count). The Balaban J connectivity index is 2.04. The van der Waals surface area contributed by atoms with E-state index in [2.05, 4.69) is 5.32 Å². The Hall–Kier alpha value is -2.53. The van der Waals surface area contributed by atoms with Gasteiger partial charge in [-0.3, -0.25) is 9.59 Å². The van der Waals surface area contributed by atoms with Crippen LogP contribution in [-0.4, -0.2) is 34.9 Å². The average molecular weight is 445 g/mol. The van der Waals surface area contributed by atoms with Crippen molar-refractivity contribution in [3.8, 4) is 5.75 Å². The van der Waals surface area contributed by atoms with Crippen LogP contribution in [0.25, 0.3) is 0 Å². The summed E-state index contributed by atoms with van der Waals surface area (Å²) in [5.74, 6) is 0.533. The molecule has 0 unspecified atom stereocenters. The van der Waals surface area contributed by atoms with Gasteiger partial charge in [-0.2, -0.15) is 0 Å². The fourth-order valence-electron chi connectivity index (χ4n) is 3.24. The summed E-state index contributed by atoms with van der Waals surface area (Å²) < 4.78 is 5.70. The van der Waals surface area contributed by atoms with Gasteiger partial charge in [-0.25, -0.2) is 0 Å². The zero-order chi connectivity index (χ0) is 22.9. The van der Waals surface area contributed by atoms with Crippen LogP contribution in [-0.2, 0) is 16.1 Å². The number of nitrogens with one attached hydrogen (secondary N) is 1. The van der Waals surface area contributed by atoms with Gasteiger partial charge in [-0.1, -0.05) is 48.9 Å². The first-order valence-corrected chi connectivity index (χ1v) is 11.1. The number of hydrogen-bond donors (Lipinski definition) is 1. The quantitative estimate of drug-likeness (QED) is 0.511. The molecular formula is C25H33ClN2O3. The van der Waals surface area contributed by atoms with Crippen LogP contribution in [0, 0.1) is 0 Å². The summed E-state index contributed by atoms with van der Waals surface area (Å²) >= 11 is 5.89. The SMILES string of the molecule is CC[C@H](C(=O)NC(C)(C)C)N(Cc1ccccc1)C(=O)CCCOc1ccc(Cl)cc1. The van der Waals surface area contributed by atoms with Gasteiger partial charge >= 0.3 is 0 Å². The van der Waals surface area contributed by atoms with Crippen molar-refractivity contribution in [2.75, 3.05) is 6.61 Å². The number of amides is 2. The summed E-state index contributed by atoms with van der Waals surface area (Å²) in [6.45, 7) is 8.56. The Morgan fingerprint density at radius 1 is 1.06 bits per heavy atom. The number of carbonyl (C=O) groups excluding carboxylic acids is 2. The molecule has 0 radical (unpaired) electrons. The summed E-state index contributed by atoms with van der Waals surface area (Å²) in [4.78, 5) is 27.8. The molecule has 31 heavy (non-hydrogen) atoms. The number of ether oxygens (including phenoxy) is 1. The van der Waals surface area contributed by atoms with Gasteiger partial charge in [0.05, 0.1) is 6.61 Å². The third-order valence-electron chi connectivity index (χ3n) is 4.70. The maximum Gasteiger partial charge on any atom is 0.243 e. The molecule has 2 amide bonds. The normalized spacial score (nSPS) is 12.2. The van der Waals surface area contributed by atoms with Crippen LogP contribution < -0.4 is 10.1 Å². The van der Waals surface area contributed by atoms with E-state index >= 15 is 0 Å². The van der Waals surface area contributed by atoms with Gasteiger partial charge in [0.25, 0.3) is 0 Å². The van der Waals surface area contributed by atoms with Crippen molar-refractivity contribution in [3.63, 3.8) is 0 Å². The summed E-state index contributed by atoms with van der Waals surface area (Å²) in [7, 11) is 0. The Bertz CT molecular complexity index is 832. The third-order valence-corrected chi connectivity index (χ3v) is 4.95. The Morgan fingerprint density at radius 3 is 2.29 bits per heavy atom. The highest BCUT2D eigenvalue weighted by atomic mass is 35.5. The number of benzene rings is 2. The van der Waals surface area contributed by atoms with Gasteiger partial charge in [0, 0.05) is 23.5 Å². The lowest BCUT2D eigenvalue weighted by Gasteiger charge is -2.33. The van der Waals surface area contributed by atoms with E-state index in [0.717, 1.165) is 5.56 Å². The zero-order valence-corrected chi connectivity index (χ0v) is 19.6. The lowest BCUT2D eigenvalue weighted by Crippen LogP contribution is -2.53. The number of halogens is 1. The molecule has 1 atom stereocenters. The van der Waals surface area contributed by atoms with Gasteiger partial charge in [-0.15, -0.1) is 0 Å². The number of hydrogen-bond acceptors (Lipinski definition) is 3. The van der Waals surface area contributed by atoms with Gasteiger partial charge < -0.3 is 15.0 Å². The highest BCUT2D eigenvalue weighted by Gasteiger charge is 2.30. The molecule has 1 N–H and O–H groups in total. The van der Waals surface area contributed by atoms with E-state index < -0.39 is 6.04 Å². The van der Waals surface area contributed by atoms with Crippen molar-refractivity contribution >= 4 is 23.4 Å². The van der Waals surface area contributed by atoms with Crippen molar-refractivity contribution < 1.29 is 14.3 Å². The first-order chi connectivity index (χ1) is 14.7. The van der Waals surface area contributed by atoms with Crippen molar-refractivity contribution in [2.45, 2.75) is 65.1 Å². The molecule has 0 aliphatic carbocycles. The molecule has 2 aromatic rings. The van der Waals surface area contributed by atoms with Crippen LogP contribution in [0.1, 0.15) is 52.5 Å². The minimum absolute atomic E-state index is 0.0560. The van der Waals surface area contributed by atoms with Crippen molar-refractivity contribution in [1.29, 1.82) is 0 Å². The number of carbonyl (C=O) groups is 2. The standard InChI is InChI=1S/C25H33ClN2O3/c1-5-22(24(30)27-25(2,3)4)28(18-19-10-7-6-8-11-19)23(29)12-9-17-31-21-15-13-20(26)14-16-21/h6-8,10-11,13-16,22H,5,9,12,17-18H2,1-4H3,(H,27,30)/t22-/m1/s1. The molecule has 0 spiro atoms. The molecule has 168 valence electrons. The third kappa shape index (κ3) is 8.62. The van der Waals surface area contributed by atoms with E-state index in [0.29, 0.717) is 43.2 Å². The highest BCUT2D eigenvalue weighted by Crippen LogP contribution is 2.17. The first-order valence-electron chi connectivity index (χ1n) is 10.7. The molecule has 2 aromatic carbocycles. The van der Waals surface area contributed by atoms with Crippen LogP contribution in [0.4, 0.5) is 0 Å². The molecule has 0 saturated carbocycles. The Kier molecular flexibility index (Phi) is 9.38. The van der Waals surface area contributed by atoms with Crippen LogP contribution in [0.15, 0.2) is 54.6 Å². The predicted molar refractivity (Wildman–Crippen MR) is 125 cm³/mol. The fraction of sp³-hybridized carbons (Fsp3) is 0.440. The predicted octanol–water partition coefficient (Wildman–Crippen LogP) is 5.22. The summed E-state index contributed by atoms with van der Waals surface area (Å²) in [5, 5.41) is 3.67. The van der Waals surface area contributed by atoms with Gasteiger partial charge in [0.1, 0.15) is 11.8 Å². The molecule has 0 saturated heterocycles. The second-order valence-electron chi connectivity index (χ2n) is 8.58. The van der Waals surface area contributed by atoms with E-state index in [1.807, 2.05) is 58.0 Å². The van der Waals surface area contributed by atoms with E-state index in [4.69, 9.17) is 16.3 Å². The number of rotatable bonds is 10. The smallest absolute Gasteiger partial charge is 0.243 e. The zero-order valence-electron chi connectivity index (χ0n) is 18.9. The maximum absolute atomic E-state index is 13.1. The van der Waals surface area contributed by atoms with Crippen molar-refractivity contribution in [1.82, 2.24) is 10.2 Å². The molecule has 0 aliphatic heterocycles. The minimum Gasteiger partial charge on any atom is -0.494 e. The first kappa shape index (κ1) is 24.7. The largest absolute Gasteiger partial charge is 0.494 e. The molecular weight excluding hydrogens is 412 g/mol. The topological polar surface area (TPSA) is 58.6 Å². The Labute approximate surface area is 190 Å². The number of nitrogens with zero attached hydrogens (tertiary/aromatic N) is 1. The van der Waals surface area contributed by atoms with Gasteiger partial charge in [0.15, 0.2) is 0 Å². The molecule has 0 aromatic heterocycles. The summed E-state index contributed by atoms with van der Waals surface area (Å²) in [5.41, 5.74) is 0.633. The van der Waals surface area contributed by atoms with Crippen molar-refractivity contribution in [2.24, 2.45) is 0 Å². The lowest BCUT2D eigenvalue weighted by molar-refractivity contribution is -0.142. The highest BCUT2D eigenvalue weighted by molar-refractivity contribution is 6.30. The summed E-state index contributed by atoms with van der Waals surface area (Å²) in [6, 6.07) is 16.4. The van der Waals surface area contributed by atoms with E-state index in [-0.39, 0.29) is 17.4 Å². The molecule has 6 heteroatoms. The lowest BCUT2D eigenvalue weighted by atomic mass is 10.0. The monoisotopic (exact) mass is 444 g/mol. The van der Waals surface area contributed by atoms with Crippen molar-refractivity contribution in [3.05, 3.63) is 65.2 Å². The van der Waals surface area contributed by atoms with Gasteiger partial charge in [-0.05, 0) is 63.4 Å². The van der Waals surface area contributed by atoms with E-state index in [9.17, 15) is 9.59 Å². The second kappa shape index (κ2) is 11.8. The van der Waals surface area contributed by atoms with E-state index in [1.54, 1.807) is 29.2 Å².